The maximum absolute atomic E-state index is 11.8. The molecule has 5 nitrogen and oxygen atoms in total. The normalized spacial score (nSPS) is 18.4. The summed E-state index contributed by atoms with van der Waals surface area (Å²) in [4.78, 5) is 22.9. The molecule has 0 aromatic carbocycles. The summed E-state index contributed by atoms with van der Waals surface area (Å²) in [5.74, 6) is -0.852. The van der Waals surface area contributed by atoms with Gasteiger partial charge in [-0.25, -0.2) is 0 Å². The molecule has 1 atom stereocenters. The Morgan fingerprint density at radius 1 is 1.35 bits per heavy atom. The highest BCUT2D eigenvalue weighted by Crippen LogP contribution is 2.28. The molecule has 2 rings (SSSR count). The second kappa shape index (κ2) is 7.43. The molecule has 108 valence electrons. The van der Waals surface area contributed by atoms with Crippen LogP contribution in [0.2, 0.25) is 0 Å². The van der Waals surface area contributed by atoms with Gasteiger partial charge in [-0.1, -0.05) is 38.7 Å². The molecule has 0 radical (unpaired) electrons. The maximum Gasteiger partial charge on any atom is 0.235 e. The summed E-state index contributed by atoms with van der Waals surface area (Å²) in [5.41, 5.74) is 2.48. The standard InChI is InChI=1S/C13H15N3O2.C2H6/c1-3-4-5-9-8(2)15-16-12(9)10-6-7-11(17)14-13(10)18;1-2/h3-5,10H,1,6-7H2,2H3,(H,15,16)(H,14,17,18);1-2H3/b5-4-;. The number of nitrogens with zero attached hydrogens (tertiary/aromatic N) is 1. The number of allylic oxidation sites excluding steroid dienone is 2. The van der Waals surface area contributed by atoms with Crippen molar-refractivity contribution >= 4 is 17.9 Å². The van der Waals surface area contributed by atoms with E-state index < -0.39 is 0 Å². The predicted octanol–water partition coefficient (Wildman–Crippen LogP) is 2.46. The van der Waals surface area contributed by atoms with Crippen molar-refractivity contribution in [2.24, 2.45) is 0 Å². The largest absolute Gasteiger partial charge is 0.296 e. The van der Waals surface area contributed by atoms with E-state index in [1.807, 2.05) is 26.8 Å². The van der Waals surface area contributed by atoms with Gasteiger partial charge < -0.3 is 0 Å². The van der Waals surface area contributed by atoms with Gasteiger partial charge in [0, 0.05) is 17.7 Å². The van der Waals surface area contributed by atoms with Crippen molar-refractivity contribution in [3.63, 3.8) is 0 Å². The minimum atomic E-state index is -0.364. The lowest BCUT2D eigenvalue weighted by Gasteiger charge is -2.19. The topological polar surface area (TPSA) is 74.8 Å². The first-order chi connectivity index (χ1) is 9.63. The second-order valence-electron chi connectivity index (χ2n) is 4.25. The lowest BCUT2D eigenvalue weighted by atomic mass is 9.91. The third-order valence-electron chi connectivity index (χ3n) is 2.99. The zero-order chi connectivity index (χ0) is 15.1. The quantitative estimate of drug-likeness (QED) is 0.657. The number of aryl methyl sites for hydroxylation is 1. The van der Waals surface area contributed by atoms with Crippen LogP contribution in [0.25, 0.3) is 6.08 Å². The van der Waals surface area contributed by atoms with E-state index in [0.29, 0.717) is 18.5 Å². The van der Waals surface area contributed by atoms with Crippen LogP contribution in [-0.4, -0.2) is 22.0 Å². The fourth-order valence-electron chi connectivity index (χ4n) is 2.05. The van der Waals surface area contributed by atoms with E-state index in [0.717, 1.165) is 11.3 Å². The van der Waals surface area contributed by atoms with Crippen molar-refractivity contribution in [1.82, 2.24) is 15.5 Å². The number of H-pyrrole nitrogens is 1. The van der Waals surface area contributed by atoms with Crippen LogP contribution in [-0.2, 0) is 9.59 Å². The Morgan fingerprint density at radius 2 is 2.05 bits per heavy atom. The molecule has 1 saturated heterocycles. The molecule has 1 aromatic rings. The number of nitrogens with one attached hydrogen (secondary N) is 2. The van der Waals surface area contributed by atoms with E-state index in [2.05, 4.69) is 22.1 Å². The van der Waals surface area contributed by atoms with E-state index in [4.69, 9.17) is 0 Å². The molecular formula is C15H21N3O2. The molecule has 1 fully saturated rings. The molecule has 0 saturated carbocycles. The maximum atomic E-state index is 11.8. The van der Waals surface area contributed by atoms with Crippen molar-refractivity contribution in [3.8, 4) is 0 Å². The van der Waals surface area contributed by atoms with Crippen LogP contribution in [0.15, 0.2) is 18.7 Å². The molecule has 0 aliphatic carbocycles. The number of aromatic amines is 1. The summed E-state index contributed by atoms with van der Waals surface area (Å²) in [6.45, 7) is 9.51. The van der Waals surface area contributed by atoms with Gasteiger partial charge in [-0.3, -0.25) is 20.0 Å². The van der Waals surface area contributed by atoms with Crippen molar-refractivity contribution in [3.05, 3.63) is 35.7 Å². The van der Waals surface area contributed by atoms with Gasteiger partial charge in [0.05, 0.1) is 11.6 Å². The number of aromatic nitrogens is 2. The smallest absolute Gasteiger partial charge is 0.235 e. The number of rotatable bonds is 3. The van der Waals surface area contributed by atoms with Crippen molar-refractivity contribution in [2.45, 2.75) is 39.5 Å². The number of carbonyl (C=O) groups excluding carboxylic acids is 2. The molecule has 0 bridgehead atoms. The van der Waals surface area contributed by atoms with Crippen LogP contribution < -0.4 is 5.32 Å². The van der Waals surface area contributed by atoms with Crippen LogP contribution in [0.4, 0.5) is 0 Å². The molecule has 2 heterocycles. The Kier molecular flexibility index (Phi) is 5.90. The molecule has 1 aliphatic rings. The van der Waals surface area contributed by atoms with Gasteiger partial charge in [-0.05, 0) is 13.3 Å². The predicted molar refractivity (Wildman–Crippen MR) is 79.0 cm³/mol. The summed E-state index contributed by atoms with van der Waals surface area (Å²) in [7, 11) is 0. The summed E-state index contributed by atoms with van der Waals surface area (Å²) in [6, 6.07) is 0. The van der Waals surface area contributed by atoms with Gasteiger partial charge in [0.25, 0.3) is 0 Å². The molecule has 2 N–H and O–H groups in total. The molecule has 2 amide bonds. The van der Waals surface area contributed by atoms with Gasteiger partial charge >= 0.3 is 0 Å². The lowest BCUT2D eigenvalue weighted by molar-refractivity contribution is -0.134. The number of hydrogen-bond acceptors (Lipinski definition) is 3. The van der Waals surface area contributed by atoms with Gasteiger partial charge in [0.15, 0.2) is 0 Å². The Bertz CT molecular complexity index is 529. The Balaban J connectivity index is 0.000000956. The zero-order valence-corrected chi connectivity index (χ0v) is 12.2. The van der Waals surface area contributed by atoms with Gasteiger partial charge in [0.1, 0.15) is 0 Å². The average Bonchev–Trinajstić information content (AvgIpc) is 2.80. The Labute approximate surface area is 119 Å². The summed E-state index contributed by atoms with van der Waals surface area (Å²) < 4.78 is 0. The SMILES string of the molecule is C=C/C=C\c1c(C2CCC(=O)NC2=O)n[nH]c1C.CC. The highest BCUT2D eigenvalue weighted by Gasteiger charge is 2.31. The van der Waals surface area contributed by atoms with Crippen LogP contribution in [0.5, 0.6) is 0 Å². The third kappa shape index (κ3) is 3.44. The van der Waals surface area contributed by atoms with E-state index in [1.54, 1.807) is 12.2 Å². The summed E-state index contributed by atoms with van der Waals surface area (Å²) >= 11 is 0. The van der Waals surface area contributed by atoms with E-state index in [-0.39, 0.29) is 17.7 Å². The minimum absolute atomic E-state index is 0.216. The average molecular weight is 275 g/mol. The van der Waals surface area contributed by atoms with Crippen molar-refractivity contribution < 1.29 is 9.59 Å². The molecule has 5 heteroatoms. The fraction of sp³-hybridized carbons (Fsp3) is 0.400. The molecule has 1 unspecified atom stereocenters. The van der Waals surface area contributed by atoms with E-state index >= 15 is 0 Å². The highest BCUT2D eigenvalue weighted by atomic mass is 16.2. The van der Waals surface area contributed by atoms with Crippen molar-refractivity contribution in [2.75, 3.05) is 0 Å². The number of carbonyl (C=O) groups is 2. The number of imide groups is 1. The molecule has 20 heavy (non-hydrogen) atoms. The first kappa shape index (κ1) is 15.9. The zero-order valence-electron chi connectivity index (χ0n) is 12.2. The monoisotopic (exact) mass is 275 g/mol. The lowest BCUT2D eigenvalue weighted by Crippen LogP contribution is -2.39. The molecular weight excluding hydrogens is 254 g/mol. The Hall–Kier alpha value is -2.17. The highest BCUT2D eigenvalue weighted by molar-refractivity contribution is 6.01. The van der Waals surface area contributed by atoms with Crippen LogP contribution in [0.3, 0.4) is 0 Å². The van der Waals surface area contributed by atoms with Crippen LogP contribution in [0, 0.1) is 6.92 Å². The first-order valence-corrected chi connectivity index (χ1v) is 6.81. The summed E-state index contributed by atoms with van der Waals surface area (Å²) in [6.07, 6.45) is 6.19. The van der Waals surface area contributed by atoms with Gasteiger partial charge in [-0.15, -0.1) is 0 Å². The Morgan fingerprint density at radius 3 is 2.65 bits per heavy atom. The van der Waals surface area contributed by atoms with E-state index in [9.17, 15) is 9.59 Å². The van der Waals surface area contributed by atoms with Gasteiger partial charge in [0.2, 0.25) is 11.8 Å². The number of hydrogen-bond donors (Lipinski definition) is 2. The number of piperidine rings is 1. The van der Waals surface area contributed by atoms with Crippen molar-refractivity contribution in [1.29, 1.82) is 0 Å². The molecule has 1 aliphatic heterocycles. The molecule has 1 aromatic heterocycles. The second-order valence-corrected chi connectivity index (χ2v) is 4.25. The third-order valence-corrected chi connectivity index (χ3v) is 2.99. The first-order valence-electron chi connectivity index (χ1n) is 6.81. The molecule has 0 spiro atoms. The van der Waals surface area contributed by atoms with Crippen LogP contribution >= 0.6 is 0 Å². The van der Waals surface area contributed by atoms with Crippen LogP contribution in [0.1, 0.15) is 49.6 Å². The minimum Gasteiger partial charge on any atom is -0.296 e. The van der Waals surface area contributed by atoms with Gasteiger partial charge in [-0.2, -0.15) is 5.10 Å². The number of amides is 2. The fourth-order valence-corrected chi connectivity index (χ4v) is 2.05. The van der Waals surface area contributed by atoms with E-state index in [1.165, 1.54) is 0 Å². The summed E-state index contributed by atoms with van der Waals surface area (Å²) in [5, 5.41) is 9.40.